The molecule has 0 aromatic heterocycles. The van der Waals surface area contributed by atoms with Crippen LogP contribution in [-0.2, 0) is 0 Å². The lowest BCUT2D eigenvalue weighted by Gasteiger charge is -2.06. The molecule has 0 amide bonds. The number of hydrogen-bond acceptors (Lipinski definition) is 0. The van der Waals surface area contributed by atoms with Crippen molar-refractivity contribution < 1.29 is 8.78 Å². The molecule has 92 valence electrons. The SMILES string of the molecule is CC/C(=C\C=C(\C)CF)c1ccc(C)c(F)c1. The van der Waals surface area contributed by atoms with Gasteiger partial charge in [0.05, 0.1) is 0 Å². The second kappa shape index (κ2) is 6.33. The van der Waals surface area contributed by atoms with E-state index in [0.29, 0.717) is 11.1 Å². The third kappa shape index (κ3) is 3.81. The summed E-state index contributed by atoms with van der Waals surface area (Å²) in [6.07, 6.45) is 4.40. The van der Waals surface area contributed by atoms with Gasteiger partial charge < -0.3 is 0 Å². The highest BCUT2D eigenvalue weighted by Crippen LogP contribution is 2.21. The van der Waals surface area contributed by atoms with Crippen LogP contribution >= 0.6 is 0 Å². The Kier molecular flexibility index (Phi) is 5.08. The molecule has 0 bridgehead atoms. The monoisotopic (exact) mass is 236 g/mol. The molecule has 0 unspecified atom stereocenters. The van der Waals surface area contributed by atoms with Gasteiger partial charge in [0, 0.05) is 0 Å². The van der Waals surface area contributed by atoms with Crippen molar-refractivity contribution in [2.24, 2.45) is 0 Å². The summed E-state index contributed by atoms with van der Waals surface area (Å²) < 4.78 is 25.7. The molecule has 0 heterocycles. The van der Waals surface area contributed by atoms with E-state index in [0.717, 1.165) is 17.6 Å². The van der Waals surface area contributed by atoms with Crippen molar-refractivity contribution in [2.45, 2.75) is 27.2 Å². The summed E-state index contributed by atoms with van der Waals surface area (Å²) in [5.41, 5.74) is 3.18. The first-order valence-electron chi connectivity index (χ1n) is 5.77. The predicted molar refractivity (Wildman–Crippen MR) is 69.1 cm³/mol. The predicted octanol–water partition coefficient (Wildman–Crippen LogP) is 4.84. The van der Waals surface area contributed by atoms with Crippen molar-refractivity contribution in [3.8, 4) is 0 Å². The molecule has 1 aromatic rings. The Hall–Kier alpha value is -1.44. The number of hydrogen-bond donors (Lipinski definition) is 0. The molecule has 17 heavy (non-hydrogen) atoms. The second-order valence-electron chi connectivity index (χ2n) is 4.16. The van der Waals surface area contributed by atoms with E-state index in [1.54, 1.807) is 26.0 Å². The zero-order valence-electron chi connectivity index (χ0n) is 10.6. The summed E-state index contributed by atoms with van der Waals surface area (Å²) in [4.78, 5) is 0. The third-order valence-electron chi connectivity index (χ3n) is 2.70. The molecule has 0 nitrogen and oxygen atoms in total. The number of alkyl halides is 1. The highest BCUT2D eigenvalue weighted by atomic mass is 19.1. The van der Waals surface area contributed by atoms with E-state index in [4.69, 9.17) is 0 Å². The van der Waals surface area contributed by atoms with E-state index in [9.17, 15) is 8.78 Å². The molecule has 0 fully saturated rings. The van der Waals surface area contributed by atoms with Crippen LogP contribution in [0.5, 0.6) is 0 Å². The minimum atomic E-state index is -0.449. The summed E-state index contributed by atoms with van der Waals surface area (Å²) in [6.45, 7) is 5.03. The topological polar surface area (TPSA) is 0 Å². The molecule has 0 atom stereocenters. The average molecular weight is 236 g/mol. The van der Waals surface area contributed by atoms with Crippen molar-refractivity contribution in [3.63, 3.8) is 0 Å². The van der Waals surface area contributed by atoms with Gasteiger partial charge in [-0.3, -0.25) is 0 Å². The number of benzene rings is 1. The zero-order valence-corrected chi connectivity index (χ0v) is 10.6. The molecule has 1 rings (SSSR count). The summed E-state index contributed by atoms with van der Waals surface area (Å²) in [7, 11) is 0. The molecule has 0 N–H and O–H groups in total. The fourth-order valence-electron chi connectivity index (χ4n) is 1.50. The lowest BCUT2D eigenvalue weighted by Crippen LogP contribution is -1.88. The Morgan fingerprint density at radius 1 is 1.29 bits per heavy atom. The van der Waals surface area contributed by atoms with Crippen LogP contribution in [0.3, 0.4) is 0 Å². The van der Waals surface area contributed by atoms with Crippen LogP contribution in [0.25, 0.3) is 5.57 Å². The number of allylic oxidation sites excluding steroid dienone is 4. The first-order chi connectivity index (χ1) is 8.08. The molecular formula is C15H18F2. The molecule has 0 aliphatic carbocycles. The summed E-state index contributed by atoms with van der Waals surface area (Å²) in [5.74, 6) is -0.201. The van der Waals surface area contributed by atoms with Gasteiger partial charge in [0.2, 0.25) is 0 Å². The lowest BCUT2D eigenvalue weighted by molar-refractivity contribution is 0.543. The lowest BCUT2D eigenvalue weighted by atomic mass is 10.0. The third-order valence-corrected chi connectivity index (χ3v) is 2.70. The van der Waals surface area contributed by atoms with Crippen LogP contribution in [0.2, 0.25) is 0 Å². The maximum atomic E-state index is 13.4. The number of rotatable bonds is 4. The maximum absolute atomic E-state index is 13.4. The smallest absolute Gasteiger partial charge is 0.126 e. The number of aryl methyl sites for hydroxylation is 1. The largest absolute Gasteiger partial charge is 0.246 e. The Labute approximate surface area is 102 Å². The van der Waals surface area contributed by atoms with E-state index in [1.807, 2.05) is 19.1 Å². The van der Waals surface area contributed by atoms with Gasteiger partial charge in [0.1, 0.15) is 12.5 Å². The van der Waals surface area contributed by atoms with E-state index < -0.39 is 6.67 Å². The normalized spacial score (nSPS) is 13.0. The van der Waals surface area contributed by atoms with Gasteiger partial charge in [-0.1, -0.05) is 31.2 Å². The van der Waals surface area contributed by atoms with Gasteiger partial charge in [-0.25, -0.2) is 8.78 Å². The van der Waals surface area contributed by atoms with Crippen LogP contribution in [0.4, 0.5) is 8.78 Å². The van der Waals surface area contributed by atoms with Crippen molar-refractivity contribution >= 4 is 5.57 Å². The second-order valence-corrected chi connectivity index (χ2v) is 4.16. The Bertz CT molecular complexity index is 442. The van der Waals surface area contributed by atoms with Crippen LogP contribution < -0.4 is 0 Å². The highest BCUT2D eigenvalue weighted by molar-refractivity contribution is 5.67. The molecular weight excluding hydrogens is 218 g/mol. The van der Waals surface area contributed by atoms with Gasteiger partial charge in [0.25, 0.3) is 0 Å². The van der Waals surface area contributed by atoms with E-state index in [2.05, 4.69) is 0 Å². The summed E-state index contributed by atoms with van der Waals surface area (Å²) >= 11 is 0. The van der Waals surface area contributed by atoms with Crippen LogP contribution in [0.1, 0.15) is 31.4 Å². The van der Waals surface area contributed by atoms with Crippen molar-refractivity contribution in [1.29, 1.82) is 0 Å². The van der Waals surface area contributed by atoms with Crippen LogP contribution in [-0.4, -0.2) is 6.67 Å². The van der Waals surface area contributed by atoms with Gasteiger partial charge in [-0.05, 0) is 48.6 Å². The van der Waals surface area contributed by atoms with Crippen LogP contribution in [0, 0.1) is 12.7 Å². The van der Waals surface area contributed by atoms with Gasteiger partial charge in [-0.2, -0.15) is 0 Å². The molecule has 2 heteroatoms. The molecule has 0 saturated heterocycles. The maximum Gasteiger partial charge on any atom is 0.126 e. The van der Waals surface area contributed by atoms with Gasteiger partial charge in [-0.15, -0.1) is 0 Å². The van der Waals surface area contributed by atoms with E-state index >= 15 is 0 Å². The minimum Gasteiger partial charge on any atom is -0.246 e. The van der Waals surface area contributed by atoms with E-state index in [1.165, 1.54) is 6.07 Å². The molecule has 0 aliphatic heterocycles. The fraction of sp³-hybridized carbons (Fsp3) is 0.333. The number of halogens is 2. The standard InChI is InChI=1S/C15H18F2/c1-4-13(7-5-11(2)10-16)14-8-6-12(3)15(17)9-14/h5-9H,4,10H2,1-3H3/b11-5-,13-7+. The Morgan fingerprint density at radius 2 is 2.00 bits per heavy atom. The molecule has 0 aliphatic rings. The first kappa shape index (κ1) is 13.6. The summed E-state index contributed by atoms with van der Waals surface area (Å²) in [5, 5.41) is 0. The molecule has 1 aromatic carbocycles. The summed E-state index contributed by atoms with van der Waals surface area (Å²) in [6, 6.07) is 5.19. The van der Waals surface area contributed by atoms with Crippen molar-refractivity contribution in [3.05, 3.63) is 52.9 Å². The quantitative estimate of drug-likeness (QED) is 0.656. The van der Waals surface area contributed by atoms with E-state index in [-0.39, 0.29) is 5.82 Å². The van der Waals surface area contributed by atoms with Crippen LogP contribution in [0.15, 0.2) is 35.9 Å². The zero-order chi connectivity index (χ0) is 12.8. The fourth-order valence-corrected chi connectivity index (χ4v) is 1.50. The molecule has 0 spiro atoms. The highest BCUT2D eigenvalue weighted by Gasteiger charge is 2.02. The molecule has 0 saturated carbocycles. The Morgan fingerprint density at radius 3 is 2.53 bits per heavy atom. The average Bonchev–Trinajstić information content (AvgIpc) is 2.33. The Balaban J connectivity index is 3.05. The van der Waals surface area contributed by atoms with Crippen molar-refractivity contribution in [1.82, 2.24) is 0 Å². The van der Waals surface area contributed by atoms with Gasteiger partial charge in [0.15, 0.2) is 0 Å². The molecule has 0 radical (unpaired) electrons. The minimum absolute atomic E-state index is 0.201. The van der Waals surface area contributed by atoms with Gasteiger partial charge >= 0.3 is 0 Å². The van der Waals surface area contributed by atoms with Crippen molar-refractivity contribution in [2.75, 3.05) is 6.67 Å². The first-order valence-corrected chi connectivity index (χ1v) is 5.77.